The highest BCUT2D eigenvalue weighted by Gasteiger charge is 2.28. The Kier molecular flexibility index (Phi) is 4.13. The van der Waals surface area contributed by atoms with Gasteiger partial charge in [0.15, 0.2) is 11.5 Å². The van der Waals surface area contributed by atoms with Gasteiger partial charge in [0, 0.05) is 25.2 Å². The normalized spacial score (nSPS) is 18.4. The number of hydrogen-bond acceptors (Lipinski definition) is 6. The van der Waals surface area contributed by atoms with Crippen LogP contribution in [0.1, 0.15) is 17.8 Å². The van der Waals surface area contributed by atoms with Crippen LogP contribution < -0.4 is 14.2 Å². The van der Waals surface area contributed by atoms with Crippen LogP contribution in [-0.2, 0) is 11.2 Å². The van der Waals surface area contributed by atoms with Crippen LogP contribution in [0.25, 0.3) is 0 Å². The SMILES string of the molecule is Cc1nccc(O[C@@H]2CCN(C(=O)Cc3ccc4c(c3)OCO4)C2)n1. The second-order valence-corrected chi connectivity index (χ2v) is 6.17. The summed E-state index contributed by atoms with van der Waals surface area (Å²) < 4.78 is 16.5. The lowest BCUT2D eigenvalue weighted by molar-refractivity contribution is -0.129. The van der Waals surface area contributed by atoms with Crippen molar-refractivity contribution in [3.8, 4) is 17.4 Å². The largest absolute Gasteiger partial charge is 0.472 e. The first-order valence-corrected chi connectivity index (χ1v) is 8.30. The Morgan fingerprint density at radius 1 is 1.32 bits per heavy atom. The lowest BCUT2D eigenvalue weighted by Gasteiger charge is -2.17. The van der Waals surface area contributed by atoms with Gasteiger partial charge in [-0.15, -0.1) is 0 Å². The minimum absolute atomic E-state index is 0.0324. The number of carbonyl (C=O) groups is 1. The zero-order chi connectivity index (χ0) is 17.2. The van der Waals surface area contributed by atoms with Crippen molar-refractivity contribution >= 4 is 5.91 Å². The van der Waals surface area contributed by atoms with Gasteiger partial charge in [-0.05, 0) is 24.6 Å². The molecule has 0 saturated carbocycles. The van der Waals surface area contributed by atoms with Gasteiger partial charge in [-0.2, -0.15) is 4.98 Å². The van der Waals surface area contributed by atoms with E-state index >= 15 is 0 Å². The van der Waals surface area contributed by atoms with Gasteiger partial charge in [0.25, 0.3) is 0 Å². The second kappa shape index (κ2) is 6.58. The standard InChI is InChI=1S/C18H19N3O4/c1-12-19-6-4-17(20-12)25-14-5-7-21(10-14)18(22)9-13-2-3-15-16(8-13)24-11-23-15/h2-4,6,8,14H,5,7,9-11H2,1H3/t14-/m1/s1. The molecular weight excluding hydrogens is 322 g/mol. The van der Waals surface area contributed by atoms with Crippen LogP contribution in [0.3, 0.4) is 0 Å². The minimum atomic E-state index is -0.0324. The highest BCUT2D eigenvalue weighted by molar-refractivity contribution is 5.79. The summed E-state index contributed by atoms with van der Waals surface area (Å²) in [5.74, 6) is 2.75. The van der Waals surface area contributed by atoms with Crippen molar-refractivity contribution in [1.82, 2.24) is 14.9 Å². The Morgan fingerprint density at radius 2 is 2.20 bits per heavy atom. The van der Waals surface area contributed by atoms with E-state index in [9.17, 15) is 4.79 Å². The van der Waals surface area contributed by atoms with E-state index in [-0.39, 0.29) is 18.8 Å². The van der Waals surface area contributed by atoms with Crippen LogP contribution in [0.5, 0.6) is 17.4 Å². The fourth-order valence-corrected chi connectivity index (χ4v) is 3.06. The number of rotatable bonds is 4. The van der Waals surface area contributed by atoms with Gasteiger partial charge in [0.2, 0.25) is 18.6 Å². The van der Waals surface area contributed by atoms with Crippen molar-refractivity contribution in [2.75, 3.05) is 19.9 Å². The summed E-state index contributed by atoms with van der Waals surface area (Å²) in [7, 11) is 0. The molecule has 4 rings (SSSR count). The Bertz CT molecular complexity index is 796. The Hall–Kier alpha value is -2.83. The molecule has 7 nitrogen and oxygen atoms in total. The number of likely N-dealkylation sites (tertiary alicyclic amines) is 1. The van der Waals surface area contributed by atoms with Crippen LogP contribution >= 0.6 is 0 Å². The first-order chi connectivity index (χ1) is 12.2. The molecule has 0 spiro atoms. The first-order valence-electron chi connectivity index (χ1n) is 8.30. The number of fused-ring (bicyclic) bond motifs is 1. The average Bonchev–Trinajstić information content (AvgIpc) is 3.23. The van der Waals surface area contributed by atoms with E-state index in [0.717, 1.165) is 17.7 Å². The molecule has 0 unspecified atom stereocenters. The third-order valence-corrected chi connectivity index (χ3v) is 4.33. The van der Waals surface area contributed by atoms with Crippen LogP contribution in [0.2, 0.25) is 0 Å². The van der Waals surface area contributed by atoms with Gasteiger partial charge in [0.1, 0.15) is 11.9 Å². The Labute approximate surface area is 145 Å². The number of amides is 1. The van der Waals surface area contributed by atoms with Gasteiger partial charge in [-0.3, -0.25) is 4.79 Å². The molecule has 0 radical (unpaired) electrons. The molecule has 2 aromatic rings. The van der Waals surface area contributed by atoms with Crippen molar-refractivity contribution in [3.05, 3.63) is 41.9 Å². The van der Waals surface area contributed by atoms with Crippen molar-refractivity contribution in [2.24, 2.45) is 0 Å². The first kappa shape index (κ1) is 15.7. The van der Waals surface area contributed by atoms with E-state index in [0.29, 0.717) is 37.0 Å². The van der Waals surface area contributed by atoms with E-state index in [1.54, 1.807) is 12.3 Å². The predicted octanol–water partition coefficient (Wildman–Crippen LogP) is 1.74. The summed E-state index contributed by atoms with van der Waals surface area (Å²) in [5.41, 5.74) is 0.921. The minimum Gasteiger partial charge on any atom is -0.472 e. The highest BCUT2D eigenvalue weighted by Crippen LogP contribution is 2.32. The number of aryl methyl sites for hydroxylation is 1. The number of ether oxygens (including phenoxy) is 3. The van der Waals surface area contributed by atoms with Crippen LogP contribution in [-0.4, -0.2) is 46.8 Å². The van der Waals surface area contributed by atoms with Crippen LogP contribution in [0.15, 0.2) is 30.5 Å². The number of aromatic nitrogens is 2. The fourth-order valence-electron chi connectivity index (χ4n) is 3.06. The molecule has 1 aromatic heterocycles. The average molecular weight is 341 g/mol. The molecule has 0 N–H and O–H groups in total. The summed E-state index contributed by atoms with van der Waals surface area (Å²) in [6, 6.07) is 7.36. The molecule has 130 valence electrons. The van der Waals surface area contributed by atoms with Gasteiger partial charge in [-0.25, -0.2) is 4.98 Å². The molecule has 1 saturated heterocycles. The lowest BCUT2D eigenvalue weighted by atomic mass is 10.1. The topological polar surface area (TPSA) is 73.8 Å². The Morgan fingerprint density at radius 3 is 3.08 bits per heavy atom. The number of nitrogens with zero attached hydrogens (tertiary/aromatic N) is 3. The van der Waals surface area contributed by atoms with Crippen molar-refractivity contribution in [3.63, 3.8) is 0 Å². The van der Waals surface area contributed by atoms with E-state index in [2.05, 4.69) is 9.97 Å². The monoisotopic (exact) mass is 341 g/mol. The smallest absolute Gasteiger partial charge is 0.231 e. The second-order valence-electron chi connectivity index (χ2n) is 6.17. The van der Waals surface area contributed by atoms with Gasteiger partial charge < -0.3 is 19.1 Å². The summed E-state index contributed by atoms with van der Waals surface area (Å²) in [6.07, 6.45) is 2.79. The predicted molar refractivity (Wildman–Crippen MR) is 88.7 cm³/mol. The molecule has 2 aliphatic rings. The van der Waals surface area contributed by atoms with Crippen molar-refractivity contribution < 1.29 is 19.0 Å². The molecule has 1 amide bonds. The maximum Gasteiger partial charge on any atom is 0.231 e. The number of hydrogen-bond donors (Lipinski definition) is 0. The highest BCUT2D eigenvalue weighted by atomic mass is 16.7. The third kappa shape index (κ3) is 3.50. The zero-order valence-electron chi connectivity index (χ0n) is 14.0. The maximum atomic E-state index is 12.5. The summed E-state index contributed by atoms with van der Waals surface area (Å²) in [5, 5.41) is 0. The van der Waals surface area contributed by atoms with Gasteiger partial charge in [0.05, 0.1) is 13.0 Å². The van der Waals surface area contributed by atoms with Gasteiger partial charge >= 0.3 is 0 Å². The molecule has 7 heteroatoms. The zero-order valence-corrected chi connectivity index (χ0v) is 14.0. The number of carbonyl (C=O) groups excluding carboxylic acids is 1. The molecule has 1 fully saturated rings. The fraction of sp³-hybridized carbons (Fsp3) is 0.389. The molecular formula is C18H19N3O4. The molecule has 0 bridgehead atoms. The van der Waals surface area contributed by atoms with Gasteiger partial charge in [-0.1, -0.05) is 6.07 Å². The molecule has 1 atom stereocenters. The van der Waals surface area contributed by atoms with Crippen molar-refractivity contribution in [1.29, 1.82) is 0 Å². The van der Waals surface area contributed by atoms with Crippen LogP contribution in [0, 0.1) is 6.92 Å². The molecule has 25 heavy (non-hydrogen) atoms. The summed E-state index contributed by atoms with van der Waals surface area (Å²) >= 11 is 0. The maximum absolute atomic E-state index is 12.5. The van der Waals surface area contributed by atoms with Crippen LogP contribution in [0.4, 0.5) is 0 Å². The van der Waals surface area contributed by atoms with E-state index < -0.39 is 0 Å². The lowest BCUT2D eigenvalue weighted by Crippen LogP contribution is -2.32. The van der Waals surface area contributed by atoms with E-state index in [4.69, 9.17) is 14.2 Å². The molecule has 0 aliphatic carbocycles. The quantitative estimate of drug-likeness (QED) is 0.843. The summed E-state index contributed by atoms with van der Waals surface area (Å²) in [4.78, 5) is 22.7. The molecule has 3 heterocycles. The van der Waals surface area contributed by atoms with E-state index in [1.807, 2.05) is 30.0 Å². The Balaban J connectivity index is 1.34. The van der Waals surface area contributed by atoms with E-state index in [1.165, 1.54) is 0 Å². The van der Waals surface area contributed by atoms with Crippen molar-refractivity contribution in [2.45, 2.75) is 25.9 Å². The molecule has 1 aromatic carbocycles. The third-order valence-electron chi connectivity index (χ3n) is 4.33. The summed E-state index contributed by atoms with van der Waals surface area (Å²) in [6.45, 7) is 3.33. The molecule has 2 aliphatic heterocycles. The number of benzene rings is 1.